The Morgan fingerprint density at radius 3 is 2.90 bits per heavy atom. The molecule has 1 atom stereocenters. The smallest absolute Gasteiger partial charge is 0.154 e. The van der Waals surface area contributed by atoms with Crippen LogP contribution in [0.3, 0.4) is 0 Å². The topological polar surface area (TPSA) is 57.2 Å². The highest BCUT2D eigenvalue weighted by molar-refractivity contribution is 5.69. The van der Waals surface area contributed by atoms with Gasteiger partial charge < -0.3 is 4.90 Å². The highest BCUT2D eigenvalue weighted by Gasteiger charge is 2.27. The summed E-state index contributed by atoms with van der Waals surface area (Å²) in [5.41, 5.74) is 2.27. The van der Waals surface area contributed by atoms with Crippen LogP contribution in [0.15, 0.2) is 18.5 Å². The molecular formula is C15H17N5. The molecule has 0 N–H and O–H groups in total. The molecule has 4 rings (SSSR count). The van der Waals surface area contributed by atoms with Crippen LogP contribution in [0.5, 0.6) is 0 Å². The van der Waals surface area contributed by atoms with Crippen molar-refractivity contribution in [2.75, 3.05) is 18.0 Å². The molecule has 0 aromatic carbocycles. The van der Waals surface area contributed by atoms with Gasteiger partial charge in [-0.05, 0) is 25.3 Å². The molecule has 102 valence electrons. The van der Waals surface area contributed by atoms with Gasteiger partial charge in [0, 0.05) is 31.4 Å². The van der Waals surface area contributed by atoms with Gasteiger partial charge in [-0.3, -0.25) is 0 Å². The van der Waals surface area contributed by atoms with Gasteiger partial charge in [0.05, 0.1) is 17.7 Å². The Balaban J connectivity index is 1.72. The molecule has 1 saturated carbocycles. The van der Waals surface area contributed by atoms with E-state index in [-0.39, 0.29) is 5.92 Å². The van der Waals surface area contributed by atoms with Gasteiger partial charge in [0.25, 0.3) is 0 Å². The fourth-order valence-corrected chi connectivity index (χ4v) is 3.13. The van der Waals surface area contributed by atoms with Gasteiger partial charge in [0.1, 0.15) is 5.52 Å². The van der Waals surface area contributed by atoms with Crippen LogP contribution in [0.1, 0.15) is 37.3 Å². The van der Waals surface area contributed by atoms with E-state index in [0.29, 0.717) is 5.92 Å². The van der Waals surface area contributed by atoms with Crippen molar-refractivity contribution in [1.29, 1.82) is 5.26 Å². The number of hydrogen-bond acceptors (Lipinski definition) is 4. The zero-order valence-electron chi connectivity index (χ0n) is 11.4. The monoisotopic (exact) mass is 267 g/mol. The molecule has 2 aromatic rings. The van der Waals surface area contributed by atoms with Gasteiger partial charge in [0.2, 0.25) is 0 Å². The lowest BCUT2D eigenvalue weighted by Crippen LogP contribution is -2.21. The number of fused-ring (bicyclic) bond motifs is 1. The van der Waals surface area contributed by atoms with Crippen LogP contribution in [-0.2, 0) is 0 Å². The first-order chi connectivity index (χ1) is 9.85. The SMILES string of the molecule is N#CC1CCN(c2nccn3nc(C4CCC4)cc23)C1. The van der Waals surface area contributed by atoms with Crippen LogP contribution < -0.4 is 4.90 Å². The van der Waals surface area contributed by atoms with E-state index in [1.54, 1.807) is 6.20 Å². The molecule has 2 aromatic heterocycles. The summed E-state index contributed by atoms with van der Waals surface area (Å²) in [6, 6.07) is 4.55. The predicted molar refractivity (Wildman–Crippen MR) is 75.5 cm³/mol. The zero-order valence-corrected chi connectivity index (χ0v) is 11.4. The molecule has 0 spiro atoms. The number of nitrogens with zero attached hydrogens (tertiary/aromatic N) is 5. The van der Waals surface area contributed by atoms with E-state index in [1.807, 2.05) is 10.7 Å². The number of anilines is 1. The van der Waals surface area contributed by atoms with E-state index in [1.165, 1.54) is 25.0 Å². The Bertz CT molecular complexity index is 679. The van der Waals surface area contributed by atoms with Crippen LogP contribution >= 0.6 is 0 Å². The average molecular weight is 267 g/mol. The summed E-state index contributed by atoms with van der Waals surface area (Å²) in [7, 11) is 0. The lowest BCUT2D eigenvalue weighted by molar-refractivity contribution is 0.409. The molecular weight excluding hydrogens is 250 g/mol. The lowest BCUT2D eigenvalue weighted by Gasteiger charge is -2.22. The molecule has 20 heavy (non-hydrogen) atoms. The molecule has 2 aliphatic rings. The average Bonchev–Trinajstić information content (AvgIpc) is 3.02. The Morgan fingerprint density at radius 2 is 2.20 bits per heavy atom. The Labute approximate surface area is 117 Å². The third-order valence-corrected chi connectivity index (χ3v) is 4.58. The van der Waals surface area contributed by atoms with Gasteiger partial charge in [-0.1, -0.05) is 6.42 Å². The number of hydrogen-bond donors (Lipinski definition) is 0. The van der Waals surface area contributed by atoms with E-state index in [0.717, 1.165) is 30.8 Å². The number of nitriles is 1. The number of aromatic nitrogens is 3. The van der Waals surface area contributed by atoms with Crippen molar-refractivity contribution in [3.8, 4) is 6.07 Å². The summed E-state index contributed by atoms with van der Waals surface area (Å²) in [6.45, 7) is 1.70. The first-order valence-electron chi connectivity index (χ1n) is 7.34. The largest absolute Gasteiger partial charge is 0.353 e. The second-order valence-electron chi connectivity index (χ2n) is 5.84. The van der Waals surface area contributed by atoms with Gasteiger partial charge in [0.15, 0.2) is 5.82 Å². The third-order valence-electron chi connectivity index (χ3n) is 4.58. The van der Waals surface area contributed by atoms with Crippen molar-refractivity contribution in [2.45, 2.75) is 31.6 Å². The van der Waals surface area contributed by atoms with Crippen LogP contribution in [0.4, 0.5) is 5.82 Å². The second kappa shape index (κ2) is 4.48. The quantitative estimate of drug-likeness (QED) is 0.838. The summed E-state index contributed by atoms with van der Waals surface area (Å²) in [4.78, 5) is 6.75. The Morgan fingerprint density at radius 1 is 1.30 bits per heavy atom. The highest BCUT2D eigenvalue weighted by Crippen LogP contribution is 2.37. The van der Waals surface area contributed by atoms with E-state index in [4.69, 9.17) is 10.4 Å². The molecule has 1 aliphatic heterocycles. The standard InChI is InChI=1S/C15H17N5/c16-9-11-4-6-19(10-11)15-14-8-13(12-2-1-3-12)18-20(14)7-5-17-15/h5,7-8,11-12H,1-4,6,10H2. The highest BCUT2D eigenvalue weighted by atomic mass is 15.3. The van der Waals surface area contributed by atoms with Crippen molar-refractivity contribution in [3.05, 3.63) is 24.2 Å². The lowest BCUT2D eigenvalue weighted by atomic mass is 9.83. The second-order valence-corrected chi connectivity index (χ2v) is 5.84. The van der Waals surface area contributed by atoms with Gasteiger partial charge in [-0.25, -0.2) is 9.50 Å². The molecule has 0 radical (unpaired) electrons. The Kier molecular flexibility index (Phi) is 2.62. The Hall–Kier alpha value is -2.09. The minimum absolute atomic E-state index is 0.131. The fraction of sp³-hybridized carbons (Fsp3) is 0.533. The molecule has 5 nitrogen and oxygen atoms in total. The molecule has 1 aliphatic carbocycles. The van der Waals surface area contributed by atoms with Gasteiger partial charge in [-0.2, -0.15) is 10.4 Å². The molecule has 1 unspecified atom stereocenters. The van der Waals surface area contributed by atoms with Crippen LogP contribution in [0.2, 0.25) is 0 Å². The fourth-order valence-electron chi connectivity index (χ4n) is 3.13. The summed E-state index contributed by atoms with van der Waals surface area (Å²) < 4.78 is 1.94. The minimum atomic E-state index is 0.131. The van der Waals surface area contributed by atoms with Crippen LogP contribution in [0.25, 0.3) is 5.52 Å². The maximum Gasteiger partial charge on any atom is 0.154 e. The van der Waals surface area contributed by atoms with E-state index >= 15 is 0 Å². The predicted octanol–water partition coefficient (Wildman–Crippen LogP) is 2.35. The first-order valence-corrected chi connectivity index (χ1v) is 7.34. The van der Waals surface area contributed by atoms with Crippen molar-refractivity contribution in [3.63, 3.8) is 0 Å². The van der Waals surface area contributed by atoms with E-state index < -0.39 is 0 Å². The summed E-state index contributed by atoms with van der Waals surface area (Å²) in [6.07, 6.45) is 8.49. The summed E-state index contributed by atoms with van der Waals surface area (Å²) in [5.74, 6) is 1.74. The first kappa shape index (κ1) is 11.7. The van der Waals surface area contributed by atoms with Crippen molar-refractivity contribution in [2.24, 2.45) is 5.92 Å². The van der Waals surface area contributed by atoms with Crippen LogP contribution in [0, 0.1) is 17.2 Å². The maximum atomic E-state index is 9.05. The molecule has 0 amide bonds. The normalized spacial score (nSPS) is 22.9. The third kappa shape index (κ3) is 1.75. The van der Waals surface area contributed by atoms with Gasteiger partial charge >= 0.3 is 0 Å². The molecule has 3 heterocycles. The van der Waals surface area contributed by atoms with Crippen molar-refractivity contribution in [1.82, 2.24) is 14.6 Å². The summed E-state index contributed by atoms with van der Waals surface area (Å²) >= 11 is 0. The van der Waals surface area contributed by atoms with Crippen LogP contribution in [-0.4, -0.2) is 27.7 Å². The van der Waals surface area contributed by atoms with E-state index in [9.17, 15) is 0 Å². The summed E-state index contributed by atoms with van der Waals surface area (Å²) in [5, 5.41) is 13.7. The van der Waals surface area contributed by atoms with Crippen molar-refractivity contribution < 1.29 is 0 Å². The zero-order chi connectivity index (χ0) is 13.5. The number of rotatable bonds is 2. The molecule has 2 fully saturated rings. The molecule has 5 heteroatoms. The minimum Gasteiger partial charge on any atom is -0.353 e. The molecule has 0 bridgehead atoms. The van der Waals surface area contributed by atoms with Gasteiger partial charge in [-0.15, -0.1) is 0 Å². The molecule has 1 saturated heterocycles. The van der Waals surface area contributed by atoms with Crippen molar-refractivity contribution >= 4 is 11.3 Å². The maximum absolute atomic E-state index is 9.05. The van der Waals surface area contributed by atoms with E-state index in [2.05, 4.69) is 22.0 Å².